The molecule has 1 nitrogen and oxygen atoms in total. The Labute approximate surface area is 211 Å². The van der Waals surface area contributed by atoms with Crippen LogP contribution in [0.2, 0.25) is 0 Å². The highest BCUT2D eigenvalue weighted by atomic mass is 16.3. The van der Waals surface area contributed by atoms with Crippen LogP contribution in [-0.4, -0.2) is 6.71 Å². The van der Waals surface area contributed by atoms with Crippen molar-refractivity contribution in [2.24, 2.45) is 0 Å². The molecule has 5 aromatic carbocycles. The van der Waals surface area contributed by atoms with Crippen molar-refractivity contribution in [2.45, 2.75) is 26.2 Å². The number of furan rings is 1. The van der Waals surface area contributed by atoms with Crippen molar-refractivity contribution in [3.8, 4) is 33.4 Å². The summed E-state index contributed by atoms with van der Waals surface area (Å²) in [6, 6.07) is 35.7. The summed E-state index contributed by atoms with van der Waals surface area (Å²) in [5, 5.41) is 2.46. The third-order valence-corrected chi connectivity index (χ3v) is 8.25. The Morgan fingerprint density at radius 1 is 0.611 bits per heavy atom. The van der Waals surface area contributed by atoms with Crippen molar-refractivity contribution in [3.63, 3.8) is 0 Å². The third kappa shape index (κ3) is 2.57. The van der Waals surface area contributed by atoms with E-state index in [1.165, 1.54) is 66.1 Å². The summed E-state index contributed by atoms with van der Waals surface area (Å²) < 4.78 is 6.31. The van der Waals surface area contributed by atoms with Crippen LogP contribution in [0.4, 0.5) is 0 Å². The van der Waals surface area contributed by atoms with Gasteiger partial charge in [-0.3, -0.25) is 0 Å². The van der Waals surface area contributed by atoms with E-state index in [0.29, 0.717) is 0 Å². The molecule has 0 unspecified atom stereocenters. The summed E-state index contributed by atoms with van der Waals surface area (Å²) in [5.74, 6) is 0. The third-order valence-electron chi connectivity index (χ3n) is 8.25. The van der Waals surface area contributed by atoms with E-state index in [-0.39, 0.29) is 12.1 Å². The van der Waals surface area contributed by atoms with Gasteiger partial charge in [0.05, 0.1) is 0 Å². The quantitative estimate of drug-likeness (QED) is 0.240. The maximum atomic E-state index is 6.31. The minimum Gasteiger partial charge on any atom is -0.456 e. The number of para-hydroxylation sites is 1. The fourth-order valence-corrected chi connectivity index (χ4v) is 6.52. The molecule has 0 fully saturated rings. The lowest BCUT2D eigenvalue weighted by atomic mass is 9.41. The first-order valence-electron chi connectivity index (χ1n) is 12.8. The Hall–Kier alpha value is -4.04. The fraction of sp³-hybridized carbons (Fsp3) is 0.118. The van der Waals surface area contributed by atoms with E-state index in [4.69, 9.17) is 4.42 Å². The first kappa shape index (κ1) is 20.2. The van der Waals surface area contributed by atoms with Gasteiger partial charge in [0.15, 0.2) is 0 Å². The molecule has 0 radical (unpaired) electrons. The molecule has 0 atom stereocenters. The number of benzene rings is 5. The van der Waals surface area contributed by atoms with Crippen molar-refractivity contribution in [2.75, 3.05) is 0 Å². The van der Waals surface area contributed by atoms with Gasteiger partial charge < -0.3 is 4.42 Å². The average Bonchev–Trinajstić information content (AvgIpc) is 3.54. The number of hydrogen-bond donors (Lipinski definition) is 0. The standard InChI is InChI=1S/C34H25BO/c1-34(2,3)22-18-25-24-17-21(20-9-5-4-6-10-20)13-14-27(24)35-28-15-16-30-32(31(28)26(19-22)33(25)35)23-11-7-8-12-29(23)36-30/h4-19H,1-3H3. The molecule has 2 heteroatoms. The number of fused-ring (bicyclic) bond motifs is 10. The lowest BCUT2D eigenvalue weighted by molar-refractivity contribution is 0.591. The van der Waals surface area contributed by atoms with Gasteiger partial charge in [-0.2, -0.15) is 0 Å². The Morgan fingerprint density at radius 3 is 2.19 bits per heavy atom. The molecule has 36 heavy (non-hydrogen) atoms. The van der Waals surface area contributed by atoms with E-state index in [1.807, 2.05) is 0 Å². The predicted molar refractivity (Wildman–Crippen MR) is 153 cm³/mol. The topological polar surface area (TPSA) is 13.1 Å². The molecule has 0 aliphatic carbocycles. The summed E-state index contributed by atoms with van der Waals surface area (Å²) in [6.45, 7) is 7.23. The van der Waals surface area contributed by atoms with Crippen molar-refractivity contribution < 1.29 is 4.42 Å². The normalized spacial score (nSPS) is 13.4. The van der Waals surface area contributed by atoms with Gasteiger partial charge >= 0.3 is 0 Å². The van der Waals surface area contributed by atoms with E-state index in [9.17, 15) is 0 Å². The van der Waals surface area contributed by atoms with E-state index in [0.717, 1.165) is 11.2 Å². The van der Waals surface area contributed by atoms with Gasteiger partial charge in [-0.1, -0.05) is 116 Å². The molecule has 2 aliphatic heterocycles. The highest BCUT2D eigenvalue weighted by Gasteiger charge is 2.43. The molecule has 170 valence electrons. The SMILES string of the molecule is CC(C)(C)c1cc2c3c(c1)-c1c(ccc4oc5ccccc5c14)B3c1ccc(-c3ccccc3)cc1-2. The van der Waals surface area contributed by atoms with Gasteiger partial charge in [-0.05, 0) is 62.6 Å². The molecule has 0 bridgehead atoms. The van der Waals surface area contributed by atoms with E-state index < -0.39 is 0 Å². The highest BCUT2D eigenvalue weighted by Crippen LogP contribution is 2.43. The molecule has 3 heterocycles. The zero-order chi connectivity index (χ0) is 24.2. The molecule has 0 amide bonds. The average molecular weight is 460 g/mol. The predicted octanol–water partition coefficient (Wildman–Crippen LogP) is 7.03. The van der Waals surface area contributed by atoms with Crippen molar-refractivity contribution in [1.82, 2.24) is 0 Å². The summed E-state index contributed by atoms with van der Waals surface area (Å²) in [6.07, 6.45) is 0. The van der Waals surface area contributed by atoms with Crippen LogP contribution in [-0.2, 0) is 5.41 Å². The van der Waals surface area contributed by atoms with Crippen LogP contribution in [0.25, 0.3) is 55.3 Å². The first-order valence-corrected chi connectivity index (χ1v) is 12.8. The van der Waals surface area contributed by atoms with Crippen LogP contribution in [0.5, 0.6) is 0 Å². The minimum atomic E-state index is 0.0515. The van der Waals surface area contributed by atoms with Crippen molar-refractivity contribution in [3.05, 3.63) is 103 Å². The second kappa shape index (κ2) is 6.80. The van der Waals surface area contributed by atoms with Crippen LogP contribution >= 0.6 is 0 Å². The second-order valence-corrected chi connectivity index (χ2v) is 11.3. The molecule has 8 rings (SSSR count). The molecule has 0 saturated heterocycles. The molecular weight excluding hydrogens is 435 g/mol. The van der Waals surface area contributed by atoms with Crippen LogP contribution in [0.3, 0.4) is 0 Å². The monoisotopic (exact) mass is 460 g/mol. The van der Waals surface area contributed by atoms with Crippen LogP contribution in [0.1, 0.15) is 26.3 Å². The van der Waals surface area contributed by atoms with Gasteiger partial charge in [0.25, 0.3) is 0 Å². The molecule has 1 aromatic heterocycles. The zero-order valence-corrected chi connectivity index (χ0v) is 20.7. The van der Waals surface area contributed by atoms with Crippen LogP contribution in [0.15, 0.2) is 101 Å². The Balaban J connectivity index is 1.48. The maximum Gasteiger partial charge on any atom is 0.244 e. The Kier molecular flexibility index (Phi) is 3.81. The van der Waals surface area contributed by atoms with Gasteiger partial charge in [-0.15, -0.1) is 0 Å². The summed E-state index contributed by atoms with van der Waals surface area (Å²) in [4.78, 5) is 0. The van der Waals surface area contributed by atoms with Gasteiger partial charge in [0, 0.05) is 10.8 Å². The summed E-state index contributed by atoms with van der Waals surface area (Å²) in [7, 11) is 0. The van der Waals surface area contributed by atoms with Gasteiger partial charge in [-0.25, -0.2) is 0 Å². The fourth-order valence-electron chi connectivity index (χ4n) is 6.52. The first-order chi connectivity index (χ1) is 17.5. The van der Waals surface area contributed by atoms with Crippen molar-refractivity contribution >= 4 is 45.0 Å². The lowest BCUT2D eigenvalue weighted by Gasteiger charge is -2.22. The lowest BCUT2D eigenvalue weighted by Crippen LogP contribution is -2.45. The summed E-state index contributed by atoms with van der Waals surface area (Å²) >= 11 is 0. The second-order valence-electron chi connectivity index (χ2n) is 11.3. The van der Waals surface area contributed by atoms with E-state index in [2.05, 4.69) is 118 Å². The Bertz CT molecular complexity index is 1870. The highest BCUT2D eigenvalue weighted by molar-refractivity contribution is 7.02. The Morgan fingerprint density at radius 2 is 1.36 bits per heavy atom. The minimum absolute atomic E-state index is 0.0515. The van der Waals surface area contributed by atoms with Crippen molar-refractivity contribution in [1.29, 1.82) is 0 Å². The van der Waals surface area contributed by atoms with E-state index >= 15 is 0 Å². The van der Waals surface area contributed by atoms with Crippen LogP contribution < -0.4 is 16.4 Å². The summed E-state index contributed by atoms with van der Waals surface area (Å²) in [5.41, 5.74) is 15.7. The van der Waals surface area contributed by atoms with Gasteiger partial charge in [0.2, 0.25) is 6.71 Å². The molecular formula is C34H25BO. The molecule has 6 aromatic rings. The van der Waals surface area contributed by atoms with Crippen LogP contribution in [0, 0.1) is 0 Å². The maximum absolute atomic E-state index is 6.31. The molecule has 2 aliphatic rings. The smallest absolute Gasteiger partial charge is 0.244 e. The van der Waals surface area contributed by atoms with E-state index in [1.54, 1.807) is 0 Å². The van der Waals surface area contributed by atoms with Gasteiger partial charge in [0.1, 0.15) is 11.2 Å². The number of rotatable bonds is 1. The molecule has 0 N–H and O–H groups in total. The largest absolute Gasteiger partial charge is 0.456 e. The molecule has 0 spiro atoms. The zero-order valence-electron chi connectivity index (χ0n) is 20.7. The number of hydrogen-bond acceptors (Lipinski definition) is 1. The molecule has 0 saturated carbocycles.